The highest BCUT2D eigenvalue weighted by Crippen LogP contribution is 2.34. The van der Waals surface area contributed by atoms with Crippen molar-refractivity contribution in [2.45, 2.75) is 45.1 Å². The second kappa shape index (κ2) is 5.65. The molecule has 0 radical (unpaired) electrons. The van der Waals surface area contributed by atoms with Crippen LogP contribution < -0.4 is 5.73 Å². The molecule has 9 heteroatoms. The van der Waals surface area contributed by atoms with Gasteiger partial charge in [0.05, 0.1) is 12.4 Å². The Labute approximate surface area is 131 Å². The first-order valence-electron chi connectivity index (χ1n) is 7.04. The van der Waals surface area contributed by atoms with Crippen LogP contribution in [0.1, 0.15) is 32.9 Å². The third-order valence-corrected chi connectivity index (χ3v) is 3.96. The zero-order chi connectivity index (χ0) is 15.9. The van der Waals surface area contributed by atoms with Crippen molar-refractivity contribution in [3.05, 3.63) is 11.0 Å². The molecule has 0 aromatic carbocycles. The van der Waals surface area contributed by atoms with E-state index in [9.17, 15) is 4.79 Å². The van der Waals surface area contributed by atoms with Crippen LogP contribution in [-0.2, 0) is 14.3 Å². The van der Waals surface area contributed by atoms with E-state index >= 15 is 0 Å². The maximum atomic E-state index is 11.2. The third kappa shape index (κ3) is 2.57. The summed E-state index contributed by atoms with van der Waals surface area (Å²) >= 11 is 5.16. The number of carbonyl (C=O) groups excluding carboxylic acids is 1. The number of nitrogens with one attached hydrogen (secondary N) is 1. The van der Waals surface area contributed by atoms with Gasteiger partial charge in [0.2, 0.25) is 0 Å². The molecule has 3 N–H and O–H groups in total. The number of fused-ring (bicyclic) bond motifs is 1. The van der Waals surface area contributed by atoms with Gasteiger partial charge in [0.25, 0.3) is 0 Å². The number of rotatable bonds is 3. The first-order valence-corrected chi connectivity index (χ1v) is 7.45. The minimum atomic E-state index is -0.309. The molecule has 0 aliphatic carbocycles. The fourth-order valence-electron chi connectivity index (χ4n) is 2.74. The lowest BCUT2D eigenvalue weighted by molar-refractivity contribution is -0.149. The van der Waals surface area contributed by atoms with E-state index in [0.29, 0.717) is 22.2 Å². The summed E-state index contributed by atoms with van der Waals surface area (Å²) in [5, 5.41) is 0. The molecule has 3 rings (SSSR count). The maximum absolute atomic E-state index is 11.2. The molecule has 3 heterocycles. The van der Waals surface area contributed by atoms with E-state index in [4.69, 9.17) is 27.4 Å². The van der Waals surface area contributed by atoms with Crippen molar-refractivity contribution in [1.29, 1.82) is 0 Å². The number of hydrogen-bond acceptors (Lipinski definition) is 7. The number of hydrogen-bond donors (Lipinski definition) is 2. The molecule has 2 aromatic rings. The van der Waals surface area contributed by atoms with Crippen LogP contribution in [0.25, 0.3) is 11.2 Å². The molecule has 1 fully saturated rings. The first kappa shape index (κ1) is 14.9. The second-order valence-corrected chi connectivity index (χ2v) is 5.58. The van der Waals surface area contributed by atoms with Crippen molar-refractivity contribution in [2.24, 2.45) is 0 Å². The van der Waals surface area contributed by atoms with Gasteiger partial charge in [0, 0.05) is 13.3 Å². The molecule has 2 aromatic heterocycles. The number of esters is 1. The Morgan fingerprint density at radius 1 is 1.68 bits per heavy atom. The molecule has 1 aliphatic rings. The van der Waals surface area contributed by atoms with E-state index in [2.05, 4.69) is 15.0 Å². The number of carbonyl (C=O) groups is 1. The second-order valence-electron chi connectivity index (χ2n) is 5.20. The number of aromatic nitrogens is 4. The predicted octanol–water partition coefficient (Wildman–Crippen LogP) is 1.70. The van der Waals surface area contributed by atoms with Crippen LogP contribution >= 0.6 is 12.2 Å². The summed E-state index contributed by atoms with van der Waals surface area (Å²) in [7, 11) is 0. The van der Waals surface area contributed by atoms with E-state index in [1.165, 1.54) is 6.92 Å². The van der Waals surface area contributed by atoms with Gasteiger partial charge < -0.3 is 20.2 Å². The van der Waals surface area contributed by atoms with Crippen molar-refractivity contribution in [2.75, 3.05) is 5.73 Å². The molecule has 1 saturated heterocycles. The van der Waals surface area contributed by atoms with Gasteiger partial charge in [-0.1, -0.05) is 19.1 Å². The quantitative estimate of drug-likeness (QED) is 0.653. The molecule has 0 amide bonds. The Morgan fingerprint density at radius 2 is 2.45 bits per heavy atom. The zero-order valence-electron chi connectivity index (χ0n) is 12.3. The summed E-state index contributed by atoms with van der Waals surface area (Å²) in [5.41, 5.74) is 6.93. The number of H-pyrrole nitrogens is 1. The van der Waals surface area contributed by atoms with Crippen molar-refractivity contribution in [3.8, 4) is 0 Å². The number of imidazole rings is 1. The average molecular weight is 323 g/mol. The van der Waals surface area contributed by atoms with Gasteiger partial charge in [0.1, 0.15) is 23.5 Å². The molecular formula is C13H17N5O3S. The van der Waals surface area contributed by atoms with Crippen LogP contribution in [0.15, 0.2) is 6.33 Å². The number of nitrogen functional groups attached to an aromatic ring is 1. The van der Waals surface area contributed by atoms with Gasteiger partial charge in [-0.2, -0.15) is 0 Å². The van der Waals surface area contributed by atoms with E-state index in [1.54, 1.807) is 6.33 Å². The topological polar surface area (TPSA) is 108 Å². The molecular weight excluding hydrogens is 306 g/mol. The van der Waals surface area contributed by atoms with Crippen molar-refractivity contribution >= 4 is 35.3 Å². The van der Waals surface area contributed by atoms with Gasteiger partial charge in [-0.05, 0) is 6.42 Å². The van der Waals surface area contributed by atoms with Gasteiger partial charge in [-0.3, -0.25) is 9.36 Å². The van der Waals surface area contributed by atoms with Gasteiger partial charge in [-0.15, -0.1) is 0 Å². The summed E-state index contributed by atoms with van der Waals surface area (Å²) in [6.45, 7) is 3.39. The molecule has 0 bridgehead atoms. The third-order valence-electron chi connectivity index (χ3n) is 3.68. The Bertz CT molecular complexity index is 771. The van der Waals surface area contributed by atoms with Crippen LogP contribution in [-0.4, -0.2) is 37.7 Å². The van der Waals surface area contributed by atoms with Crippen LogP contribution in [0, 0.1) is 4.64 Å². The highest BCUT2D eigenvalue weighted by atomic mass is 32.1. The average Bonchev–Trinajstić information content (AvgIpc) is 3.01. The Balaban J connectivity index is 1.95. The van der Waals surface area contributed by atoms with Gasteiger partial charge in [-0.25, -0.2) is 9.97 Å². The van der Waals surface area contributed by atoms with Crippen molar-refractivity contribution in [1.82, 2.24) is 19.5 Å². The normalized spacial score (nSPS) is 24.7. The smallest absolute Gasteiger partial charge is 0.302 e. The molecule has 0 saturated carbocycles. The summed E-state index contributed by atoms with van der Waals surface area (Å²) in [6, 6.07) is 0. The SMILES string of the molecule is CC[C@H]1OC(n2cnc3c(=S)nc(N)[nH]c32)C[C@@H]1OC(C)=O. The summed E-state index contributed by atoms with van der Waals surface area (Å²) in [6.07, 6.45) is 2.21. The van der Waals surface area contributed by atoms with E-state index in [1.807, 2.05) is 11.5 Å². The summed E-state index contributed by atoms with van der Waals surface area (Å²) < 4.78 is 13.5. The van der Waals surface area contributed by atoms with Crippen LogP contribution in [0.5, 0.6) is 0 Å². The molecule has 0 spiro atoms. The fourth-order valence-corrected chi connectivity index (χ4v) is 2.99. The molecule has 8 nitrogen and oxygen atoms in total. The highest BCUT2D eigenvalue weighted by molar-refractivity contribution is 7.71. The number of nitrogens with zero attached hydrogens (tertiary/aromatic N) is 3. The van der Waals surface area contributed by atoms with Crippen molar-refractivity contribution in [3.63, 3.8) is 0 Å². The summed E-state index contributed by atoms with van der Waals surface area (Å²) in [4.78, 5) is 22.4. The number of aromatic amines is 1. The minimum Gasteiger partial charge on any atom is -0.460 e. The number of anilines is 1. The lowest BCUT2D eigenvalue weighted by Crippen LogP contribution is -2.25. The molecule has 1 aliphatic heterocycles. The van der Waals surface area contributed by atoms with Gasteiger partial charge in [0.15, 0.2) is 10.6 Å². The van der Waals surface area contributed by atoms with E-state index in [0.717, 1.165) is 6.42 Å². The van der Waals surface area contributed by atoms with Crippen molar-refractivity contribution < 1.29 is 14.3 Å². The maximum Gasteiger partial charge on any atom is 0.302 e. The predicted molar refractivity (Wildman–Crippen MR) is 81.5 cm³/mol. The minimum absolute atomic E-state index is 0.145. The summed E-state index contributed by atoms with van der Waals surface area (Å²) in [5.74, 6) is -0.0862. The number of ether oxygens (including phenoxy) is 2. The largest absolute Gasteiger partial charge is 0.460 e. The van der Waals surface area contributed by atoms with Crippen LogP contribution in [0.2, 0.25) is 0 Å². The standard InChI is InChI=1S/C13H17N5O3S/c1-3-7-8(20-6(2)19)4-9(21-7)18-5-15-10-11(18)16-13(14)17-12(10)22/h5,7-9H,3-4H2,1-2H3,(H3,14,16,17,22)/t7-,8+,9?/m1/s1. The lowest BCUT2D eigenvalue weighted by Gasteiger charge is -2.16. The van der Waals surface area contributed by atoms with Crippen LogP contribution in [0.4, 0.5) is 5.95 Å². The number of nitrogens with two attached hydrogens (primary N) is 1. The van der Waals surface area contributed by atoms with E-state index < -0.39 is 0 Å². The Morgan fingerprint density at radius 3 is 3.14 bits per heavy atom. The Hall–Kier alpha value is -2.00. The van der Waals surface area contributed by atoms with E-state index in [-0.39, 0.29) is 30.4 Å². The highest BCUT2D eigenvalue weighted by Gasteiger charge is 2.37. The molecule has 118 valence electrons. The van der Waals surface area contributed by atoms with Crippen LogP contribution in [0.3, 0.4) is 0 Å². The molecule has 1 unspecified atom stereocenters. The monoisotopic (exact) mass is 323 g/mol. The lowest BCUT2D eigenvalue weighted by atomic mass is 10.1. The van der Waals surface area contributed by atoms with Gasteiger partial charge >= 0.3 is 5.97 Å². The first-order chi connectivity index (χ1) is 10.5. The molecule has 3 atom stereocenters. The fraction of sp³-hybridized carbons (Fsp3) is 0.538. The molecule has 22 heavy (non-hydrogen) atoms. The Kier molecular flexibility index (Phi) is 3.83. The zero-order valence-corrected chi connectivity index (χ0v) is 13.1.